The van der Waals surface area contributed by atoms with Gasteiger partial charge in [-0.15, -0.1) is 0 Å². The van der Waals surface area contributed by atoms with Gasteiger partial charge in [0.25, 0.3) is 0 Å². The summed E-state index contributed by atoms with van der Waals surface area (Å²) in [5.41, 5.74) is 51.2. The van der Waals surface area contributed by atoms with E-state index in [1.54, 1.807) is 18.6 Å². The SMILES string of the molecule is Cc1cc(-c2cc[n+](C)c(-c3c(C)ccc4c3oc3ncccc34)c2)cc2c1C1c3ccccc3C2c2ccccc21.Cc1ccc2c(c1)C1c3ccccc3C2c2cc(-c3cc[n+](C)c(-c4c(C)ccc5c4oc4ncccc45)c3)ccc21.Cc1ccc2c(oc3ncccc32)c1-c1cc(-c2ccc3c(c2)C2c4ccccc4C3c3ccccc32)cc[n+]1C. The van der Waals surface area contributed by atoms with Crippen molar-refractivity contribution >= 4 is 66.2 Å². The standard InChI is InChI=1S/2C39H29N2O.C38H27N2O/c1-22-14-15-30-31-13-8-17-40-39(31)42-38(30)35(22)33-21-24(16-18-41(33)3)25-19-23(2)34-32(20-25)36-26-9-4-6-11-28(26)37(34)29-12-7-5-10-27(29)36;1-22-10-13-28-32(19-22)36-26-7-4-5-8-27(26)37(28)33-20-24(12-15-29(33)36)25-16-18-41(3)34(21-25)35-23(2)11-14-30-31-9-6-17-40-39(31)42-38(30)35;1-22-13-15-30-31-12-7-18-39-38(31)41-37(30)34(22)33-21-24(17-19-40(33)2)23-14-16-29-32(20-23)36-27-10-5-3-8-25(27)35(29)26-9-4-6-11-28(26)36/h2*4-21,36-37H,1-3H3;3-21,35-36H,1-2H3/q3*+1. The second-order valence-corrected chi connectivity index (χ2v) is 35.4. The van der Waals surface area contributed by atoms with E-state index in [1.165, 1.54) is 161 Å². The van der Waals surface area contributed by atoms with Gasteiger partial charge in [0.05, 0.1) is 16.7 Å². The topological polar surface area (TPSA) is 89.7 Å². The Bertz CT molecular complexity index is 8140. The van der Waals surface area contributed by atoms with E-state index in [2.05, 4.69) is 382 Å². The highest BCUT2D eigenvalue weighted by molar-refractivity contribution is 6.11. The Morgan fingerprint density at radius 2 is 0.512 bits per heavy atom. The average molecular weight is 1610 g/mol. The Hall–Kier alpha value is -15.1. The van der Waals surface area contributed by atoms with Crippen molar-refractivity contribution in [3.05, 3.63) is 462 Å². The lowest BCUT2D eigenvalue weighted by Crippen LogP contribution is -2.30. The van der Waals surface area contributed by atoms with Crippen LogP contribution in [0.3, 0.4) is 0 Å². The molecule has 0 spiro atoms. The molecule has 9 aromatic heterocycles. The van der Waals surface area contributed by atoms with Gasteiger partial charge in [-0.25, -0.2) is 28.7 Å². The maximum absolute atomic E-state index is 6.39. The molecule has 21 aromatic rings. The summed E-state index contributed by atoms with van der Waals surface area (Å²) in [5, 5.41) is 6.44. The van der Waals surface area contributed by atoms with Gasteiger partial charge in [0.1, 0.15) is 21.1 Å². The van der Waals surface area contributed by atoms with Crippen LogP contribution in [0, 0.1) is 34.6 Å². The first-order valence-electron chi connectivity index (χ1n) is 43.6. The molecule has 125 heavy (non-hydrogen) atoms. The smallest absolute Gasteiger partial charge is 0.227 e. The number of aromatic nitrogens is 6. The number of rotatable bonds is 6. The molecule has 0 saturated heterocycles. The van der Waals surface area contributed by atoms with Crippen molar-refractivity contribution in [3.8, 4) is 67.2 Å². The van der Waals surface area contributed by atoms with Crippen molar-refractivity contribution in [1.29, 1.82) is 0 Å². The third-order valence-electron chi connectivity index (χ3n) is 28.5. The number of aryl methyl sites for hydroxylation is 8. The molecule has 0 radical (unpaired) electrons. The minimum atomic E-state index is 0.259. The number of nitrogens with zero attached hydrogens (tertiary/aromatic N) is 6. The highest BCUT2D eigenvalue weighted by atomic mass is 16.3. The zero-order valence-electron chi connectivity index (χ0n) is 70.6. The van der Waals surface area contributed by atoms with Crippen LogP contribution in [0.4, 0.5) is 0 Å². The molecule has 9 aliphatic rings. The fraction of sp³-hybridized carbons (Fsp3) is 0.121. The number of hydrogen-bond acceptors (Lipinski definition) is 6. The van der Waals surface area contributed by atoms with Gasteiger partial charge in [0.15, 0.2) is 35.3 Å². The lowest BCUT2D eigenvalue weighted by atomic mass is 9.60. The molecule has 2 unspecified atom stereocenters. The van der Waals surface area contributed by atoms with Crippen LogP contribution >= 0.6 is 0 Å². The van der Waals surface area contributed by atoms with E-state index in [1.807, 2.05) is 18.2 Å². The van der Waals surface area contributed by atoms with E-state index in [0.29, 0.717) is 23.1 Å². The van der Waals surface area contributed by atoms with Crippen LogP contribution in [-0.2, 0) is 21.1 Å². The van der Waals surface area contributed by atoms with Crippen molar-refractivity contribution in [2.24, 2.45) is 21.1 Å². The summed E-state index contributed by atoms with van der Waals surface area (Å²) < 4.78 is 25.7. The summed E-state index contributed by atoms with van der Waals surface area (Å²) in [7, 11) is 6.33. The van der Waals surface area contributed by atoms with Crippen LogP contribution in [0.1, 0.15) is 163 Å². The molecule has 9 heterocycles. The number of fused-ring (bicyclic) bond motifs is 9. The van der Waals surface area contributed by atoms with E-state index < -0.39 is 0 Å². The van der Waals surface area contributed by atoms with Crippen LogP contribution in [0.5, 0.6) is 0 Å². The maximum atomic E-state index is 6.39. The van der Waals surface area contributed by atoms with Crippen LogP contribution in [0.2, 0.25) is 0 Å². The maximum Gasteiger partial charge on any atom is 0.227 e. The van der Waals surface area contributed by atoms with Gasteiger partial charge in [-0.05, 0) is 245 Å². The zero-order valence-corrected chi connectivity index (χ0v) is 70.6. The Morgan fingerprint density at radius 1 is 0.224 bits per heavy atom. The van der Waals surface area contributed by atoms with Gasteiger partial charge in [-0.3, -0.25) is 0 Å². The normalized spacial score (nSPS) is 16.5. The Morgan fingerprint density at radius 3 is 0.872 bits per heavy atom. The predicted octanol–water partition coefficient (Wildman–Crippen LogP) is 25.9. The quantitative estimate of drug-likeness (QED) is 0.154. The van der Waals surface area contributed by atoms with E-state index in [0.717, 1.165) is 82.8 Å². The summed E-state index contributed by atoms with van der Waals surface area (Å²) >= 11 is 0. The minimum Gasteiger partial charge on any atom is -0.437 e. The summed E-state index contributed by atoms with van der Waals surface area (Å²) in [5.74, 6) is 1.65. The lowest BCUT2D eigenvalue weighted by Gasteiger charge is -2.43. The van der Waals surface area contributed by atoms with Gasteiger partial charge in [0, 0.05) is 123 Å². The molecule has 594 valence electrons. The van der Waals surface area contributed by atoms with E-state index in [4.69, 9.17) is 13.3 Å². The molecule has 9 nitrogen and oxygen atoms in total. The average Bonchev–Trinajstić information content (AvgIpc) is 0.919. The first-order chi connectivity index (χ1) is 61.3. The molecule has 2 atom stereocenters. The van der Waals surface area contributed by atoms with Gasteiger partial charge in [-0.2, -0.15) is 0 Å². The summed E-state index contributed by atoms with van der Waals surface area (Å²) in [6, 6.07) is 110. The minimum absolute atomic E-state index is 0.259. The van der Waals surface area contributed by atoms with Crippen LogP contribution in [0.25, 0.3) is 133 Å². The molecule has 12 aromatic carbocycles. The number of benzene rings is 12. The second-order valence-electron chi connectivity index (χ2n) is 35.4. The van der Waals surface area contributed by atoms with Crippen molar-refractivity contribution in [1.82, 2.24) is 15.0 Å². The number of furan rings is 3. The highest BCUT2D eigenvalue weighted by Gasteiger charge is 2.45. The molecule has 0 N–H and O–H groups in total. The monoisotopic (exact) mass is 1610 g/mol. The molecule has 0 fully saturated rings. The molecular formula is C116H85N6O3+3. The lowest BCUT2D eigenvalue weighted by molar-refractivity contribution is -0.660. The molecule has 0 aliphatic heterocycles. The third kappa shape index (κ3) is 10.9. The van der Waals surface area contributed by atoms with Crippen LogP contribution in [0.15, 0.2) is 348 Å². The molecule has 9 heteroatoms. The number of hydrogen-bond donors (Lipinski definition) is 0. The van der Waals surface area contributed by atoms with E-state index >= 15 is 0 Å². The molecule has 6 bridgehead atoms. The second kappa shape index (κ2) is 27.7. The molecule has 0 saturated carbocycles. The van der Waals surface area contributed by atoms with E-state index in [-0.39, 0.29) is 29.6 Å². The summed E-state index contributed by atoms with van der Waals surface area (Å²) in [6.07, 6.45) is 11.9. The zero-order chi connectivity index (χ0) is 83.5. The van der Waals surface area contributed by atoms with Gasteiger partial charge in [-0.1, -0.05) is 212 Å². The first kappa shape index (κ1) is 72.7. The molecular weight excluding hydrogens is 1530 g/mol. The Balaban J connectivity index is 0.000000102. The fourth-order valence-corrected chi connectivity index (χ4v) is 22.8. The summed E-state index contributed by atoms with van der Waals surface area (Å²) in [6.45, 7) is 11.0. The van der Waals surface area contributed by atoms with Gasteiger partial charge in [0.2, 0.25) is 34.2 Å². The van der Waals surface area contributed by atoms with Gasteiger partial charge >= 0.3 is 0 Å². The molecule has 0 amide bonds. The molecule has 9 aliphatic carbocycles. The Labute approximate surface area is 724 Å². The van der Waals surface area contributed by atoms with Crippen molar-refractivity contribution in [2.45, 2.75) is 70.1 Å². The largest absolute Gasteiger partial charge is 0.437 e. The fourth-order valence-electron chi connectivity index (χ4n) is 22.8. The Kier molecular flexibility index (Phi) is 16.1. The van der Waals surface area contributed by atoms with Crippen LogP contribution in [-0.4, -0.2) is 15.0 Å². The summed E-state index contributed by atoms with van der Waals surface area (Å²) in [4.78, 5) is 13.5. The van der Waals surface area contributed by atoms with Crippen LogP contribution < -0.4 is 13.7 Å². The van der Waals surface area contributed by atoms with E-state index in [9.17, 15) is 0 Å². The highest BCUT2D eigenvalue weighted by Crippen LogP contribution is 2.61. The molecule has 30 rings (SSSR count). The number of pyridine rings is 6. The van der Waals surface area contributed by atoms with Crippen molar-refractivity contribution in [2.75, 3.05) is 0 Å². The third-order valence-corrected chi connectivity index (χ3v) is 28.5. The van der Waals surface area contributed by atoms with Gasteiger partial charge < -0.3 is 13.3 Å². The van der Waals surface area contributed by atoms with Crippen molar-refractivity contribution in [3.63, 3.8) is 0 Å². The first-order valence-corrected chi connectivity index (χ1v) is 43.6. The predicted molar refractivity (Wildman–Crippen MR) is 499 cm³/mol. The van der Waals surface area contributed by atoms with Crippen molar-refractivity contribution < 1.29 is 27.0 Å².